The van der Waals surface area contributed by atoms with Crippen LogP contribution in [0.4, 0.5) is 0 Å². The average molecular weight is 229 g/mol. The van der Waals surface area contributed by atoms with Gasteiger partial charge in [0, 0.05) is 18.3 Å². The summed E-state index contributed by atoms with van der Waals surface area (Å²) in [6.07, 6.45) is 0. The highest BCUT2D eigenvalue weighted by Crippen LogP contribution is 2.18. The average Bonchev–Trinajstić information content (AvgIpc) is 2.63. The molecular formula is C10H19N3OS. The van der Waals surface area contributed by atoms with Crippen LogP contribution in [-0.2, 0) is 4.79 Å². The van der Waals surface area contributed by atoms with E-state index in [-0.39, 0.29) is 5.91 Å². The van der Waals surface area contributed by atoms with Gasteiger partial charge in [-0.25, -0.2) is 0 Å². The van der Waals surface area contributed by atoms with Crippen LogP contribution in [0.2, 0.25) is 0 Å². The van der Waals surface area contributed by atoms with Gasteiger partial charge >= 0.3 is 0 Å². The number of likely N-dealkylation sites (N-methyl/N-ethyl adjacent to an activating group) is 1. The zero-order chi connectivity index (χ0) is 11.3. The largest absolute Gasteiger partial charge is 0.356 e. The maximum Gasteiger partial charge on any atom is 0.241 e. The Morgan fingerprint density at radius 3 is 2.73 bits per heavy atom. The number of carbonyl (C=O) groups is 1. The third-order valence-electron chi connectivity index (χ3n) is 2.31. The lowest BCUT2D eigenvalue weighted by Gasteiger charge is -2.18. The highest BCUT2D eigenvalue weighted by molar-refractivity contribution is 8.14. The number of nitrogens with zero attached hydrogens (tertiary/aromatic N) is 2. The first-order valence-corrected chi connectivity index (χ1v) is 6.28. The van der Waals surface area contributed by atoms with Crippen LogP contribution in [0.25, 0.3) is 0 Å². The Bertz CT molecular complexity index is 251. The molecule has 0 aromatic carbocycles. The summed E-state index contributed by atoms with van der Waals surface area (Å²) in [5, 5.41) is 4.53. The molecule has 5 heteroatoms. The number of thioether (sulfide) groups is 1. The Labute approximate surface area is 95.5 Å². The van der Waals surface area contributed by atoms with Gasteiger partial charge in [-0.05, 0) is 13.8 Å². The zero-order valence-corrected chi connectivity index (χ0v) is 10.4. The van der Waals surface area contributed by atoms with Crippen molar-refractivity contribution in [3.63, 3.8) is 0 Å². The fourth-order valence-electron chi connectivity index (χ4n) is 1.41. The molecule has 0 aliphatic carbocycles. The molecule has 0 spiro atoms. The van der Waals surface area contributed by atoms with Crippen molar-refractivity contribution in [3.05, 3.63) is 0 Å². The molecule has 1 unspecified atom stereocenters. The Morgan fingerprint density at radius 2 is 2.27 bits per heavy atom. The van der Waals surface area contributed by atoms with E-state index in [9.17, 15) is 4.79 Å². The van der Waals surface area contributed by atoms with Gasteiger partial charge in [0.25, 0.3) is 0 Å². The number of aliphatic imine (C=N–C) groups is 1. The molecule has 0 saturated heterocycles. The molecule has 0 bridgehead atoms. The van der Waals surface area contributed by atoms with E-state index >= 15 is 0 Å². The molecule has 1 N–H and O–H groups in total. The molecule has 0 aromatic rings. The third-order valence-corrected chi connectivity index (χ3v) is 3.36. The van der Waals surface area contributed by atoms with Crippen LogP contribution in [0.3, 0.4) is 0 Å². The molecule has 86 valence electrons. The quantitative estimate of drug-likeness (QED) is 0.780. The minimum absolute atomic E-state index is 0.142. The summed E-state index contributed by atoms with van der Waals surface area (Å²) in [6, 6.07) is 0. The van der Waals surface area contributed by atoms with Crippen LogP contribution in [0.5, 0.6) is 0 Å². The summed E-state index contributed by atoms with van der Waals surface area (Å²) >= 11 is 1.70. The lowest BCUT2D eigenvalue weighted by Crippen LogP contribution is -2.39. The Kier molecular flexibility index (Phi) is 4.94. The van der Waals surface area contributed by atoms with Crippen molar-refractivity contribution in [1.29, 1.82) is 0 Å². The molecule has 0 aromatic heterocycles. The lowest BCUT2D eigenvalue weighted by molar-refractivity contribution is -0.129. The van der Waals surface area contributed by atoms with Gasteiger partial charge in [-0.1, -0.05) is 18.7 Å². The van der Waals surface area contributed by atoms with Crippen LogP contribution in [0.15, 0.2) is 4.99 Å². The number of amides is 1. The van der Waals surface area contributed by atoms with Crippen LogP contribution in [0.1, 0.15) is 20.8 Å². The topological polar surface area (TPSA) is 44.7 Å². The second-order valence-corrected chi connectivity index (χ2v) is 4.92. The van der Waals surface area contributed by atoms with Gasteiger partial charge in [-0.15, -0.1) is 0 Å². The van der Waals surface area contributed by atoms with E-state index in [1.54, 1.807) is 11.8 Å². The van der Waals surface area contributed by atoms with E-state index < -0.39 is 0 Å². The predicted octanol–water partition coefficient (Wildman–Crippen LogP) is 0.936. The van der Waals surface area contributed by atoms with Crippen molar-refractivity contribution in [2.24, 2.45) is 4.99 Å². The molecule has 4 nitrogen and oxygen atoms in total. The Morgan fingerprint density at radius 1 is 1.60 bits per heavy atom. The van der Waals surface area contributed by atoms with Gasteiger partial charge in [0.1, 0.15) is 0 Å². The van der Waals surface area contributed by atoms with E-state index in [4.69, 9.17) is 0 Å². The van der Waals surface area contributed by atoms with Crippen molar-refractivity contribution < 1.29 is 4.79 Å². The van der Waals surface area contributed by atoms with Gasteiger partial charge in [-0.3, -0.25) is 9.79 Å². The number of hydrogen-bond acceptors (Lipinski definition) is 4. The smallest absolute Gasteiger partial charge is 0.241 e. The van der Waals surface area contributed by atoms with Crippen molar-refractivity contribution in [1.82, 2.24) is 10.2 Å². The van der Waals surface area contributed by atoms with Crippen LogP contribution in [0, 0.1) is 0 Å². The highest BCUT2D eigenvalue weighted by Gasteiger charge is 2.16. The SMILES string of the molecule is CCN(CC)C(=O)CNC1=NCC(C)S1. The molecule has 0 radical (unpaired) electrons. The van der Waals surface area contributed by atoms with Crippen molar-refractivity contribution >= 4 is 22.8 Å². The van der Waals surface area contributed by atoms with Gasteiger partial charge in [0.2, 0.25) is 5.91 Å². The number of carbonyl (C=O) groups excluding carboxylic acids is 1. The normalized spacial score (nSPS) is 19.9. The number of nitrogens with one attached hydrogen (secondary N) is 1. The summed E-state index contributed by atoms with van der Waals surface area (Å²) in [5.74, 6) is 0.142. The molecule has 0 fully saturated rings. The third kappa shape index (κ3) is 3.74. The van der Waals surface area contributed by atoms with Crippen molar-refractivity contribution in [2.45, 2.75) is 26.0 Å². The summed E-state index contributed by atoms with van der Waals surface area (Å²) in [4.78, 5) is 17.8. The first kappa shape index (κ1) is 12.4. The second kappa shape index (κ2) is 6.00. The summed E-state index contributed by atoms with van der Waals surface area (Å²) in [5.41, 5.74) is 0. The second-order valence-electron chi connectivity index (χ2n) is 3.49. The minimum atomic E-state index is 0.142. The molecular weight excluding hydrogens is 210 g/mol. The molecule has 15 heavy (non-hydrogen) atoms. The van der Waals surface area contributed by atoms with E-state index in [2.05, 4.69) is 17.2 Å². The minimum Gasteiger partial charge on any atom is -0.356 e. The van der Waals surface area contributed by atoms with E-state index in [0.29, 0.717) is 11.8 Å². The zero-order valence-electron chi connectivity index (χ0n) is 9.62. The molecule has 1 atom stereocenters. The van der Waals surface area contributed by atoms with Crippen LogP contribution in [-0.4, -0.2) is 47.4 Å². The first-order valence-electron chi connectivity index (χ1n) is 5.40. The molecule has 1 amide bonds. The number of rotatable bonds is 4. The van der Waals surface area contributed by atoms with Gasteiger partial charge in [0.15, 0.2) is 5.17 Å². The highest BCUT2D eigenvalue weighted by atomic mass is 32.2. The molecule has 1 heterocycles. The van der Waals surface area contributed by atoms with E-state index in [0.717, 1.165) is 24.8 Å². The summed E-state index contributed by atoms with van der Waals surface area (Å²) in [7, 11) is 0. The molecule has 1 rings (SSSR count). The van der Waals surface area contributed by atoms with Crippen LogP contribution >= 0.6 is 11.8 Å². The predicted molar refractivity (Wildman–Crippen MR) is 65.3 cm³/mol. The fraction of sp³-hybridized carbons (Fsp3) is 0.800. The molecule has 0 saturated carbocycles. The Balaban J connectivity index is 2.28. The maximum atomic E-state index is 11.6. The van der Waals surface area contributed by atoms with Gasteiger partial charge < -0.3 is 10.2 Å². The van der Waals surface area contributed by atoms with E-state index in [1.807, 2.05) is 18.7 Å². The monoisotopic (exact) mass is 229 g/mol. The summed E-state index contributed by atoms with van der Waals surface area (Å²) in [6.45, 7) is 8.87. The summed E-state index contributed by atoms with van der Waals surface area (Å²) < 4.78 is 0. The maximum absolute atomic E-state index is 11.6. The Hall–Kier alpha value is -0.710. The number of hydrogen-bond donors (Lipinski definition) is 1. The molecule has 1 aliphatic rings. The van der Waals surface area contributed by atoms with Crippen molar-refractivity contribution in [2.75, 3.05) is 26.2 Å². The first-order chi connectivity index (χ1) is 7.17. The van der Waals surface area contributed by atoms with Gasteiger partial charge in [0.05, 0.1) is 13.1 Å². The molecule has 1 aliphatic heterocycles. The van der Waals surface area contributed by atoms with Crippen molar-refractivity contribution in [3.8, 4) is 0 Å². The lowest BCUT2D eigenvalue weighted by atomic mass is 10.4. The van der Waals surface area contributed by atoms with Gasteiger partial charge in [-0.2, -0.15) is 0 Å². The van der Waals surface area contributed by atoms with Crippen LogP contribution < -0.4 is 5.32 Å². The standard InChI is InChI=1S/C10H19N3OS/c1-4-13(5-2)9(14)7-12-10-11-6-8(3)15-10/h8H,4-7H2,1-3H3,(H,11,12). The van der Waals surface area contributed by atoms with E-state index in [1.165, 1.54) is 0 Å². The fourth-order valence-corrected chi connectivity index (χ4v) is 2.25. The number of amidine groups is 1.